The van der Waals surface area contributed by atoms with E-state index in [1.807, 2.05) is 43.3 Å². The molecule has 0 aliphatic heterocycles. The molecule has 0 spiro atoms. The molecule has 0 saturated carbocycles. The predicted molar refractivity (Wildman–Crippen MR) is 122 cm³/mol. The van der Waals surface area contributed by atoms with Gasteiger partial charge in [0.25, 0.3) is 0 Å². The van der Waals surface area contributed by atoms with E-state index in [0.717, 1.165) is 28.3 Å². The van der Waals surface area contributed by atoms with E-state index >= 15 is 0 Å². The molecule has 6 nitrogen and oxygen atoms in total. The number of rotatable bonds is 9. The highest BCUT2D eigenvalue weighted by atomic mass is 32.2. The molecule has 0 fully saturated rings. The summed E-state index contributed by atoms with van der Waals surface area (Å²) in [7, 11) is -3.58. The number of hydrogen-bond acceptors (Lipinski definition) is 4. The molecule has 30 heavy (non-hydrogen) atoms. The molecule has 0 aliphatic rings. The first-order chi connectivity index (χ1) is 14.0. The molecule has 2 aromatic carbocycles. The third-order valence-corrected chi connectivity index (χ3v) is 5.87. The molecule has 1 amide bonds. The number of sulfonamides is 1. The molecule has 7 heteroatoms. The number of nitrogens with one attached hydrogen (secondary N) is 1. The Kier molecular flexibility index (Phi) is 7.89. The summed E-state index contributed by atoms with van der Waals surface area (Å²) in [6.07, 6.45) is 1.96. The van der Waals surface area contributed by atoms with Crippen LogP contribution < -0.4 is 14.4 Å². The topological polar surface area (TPSA) is 75.7 Å². The van der Waals surface area contributed by atoms with Crippen molar-refractivity contribution in [3.8, 4) is 5.75 Å². The van der Waals surface area contributed by atoms with E-state index in [9.17, 15) is 13.2 Å². The summed E-state index contributed by atoms with van der Waals surface area (Å²) in [5, 5.41) is 2.71. The number of carbonyl (C=O) groups is 1. The third kappa shape index (κ3) is 7.06. The lowest BCUT2D eigenvalue weighted by Gasteiger charge is -2.22. The van der Waals surface area contributed by atoms with Gasteiger partial charge in [-0.2, -0.15) is 0 Å². The molecule has 2 aromatic rings. The number of benzene rings is 2. The molecule has 0 heterocycles. The van der Waals surface area contributed by atoms with Gasteiger partial charge in [-0.15, -0.1) is 0 Å². The van der Waals surface area contributed by atoms with Crippen LogP contribution in [-0.4, -0.2) is 40.3 Å². The zero-order chi connectivity index (χ0) is 22.4. The van der Waals surface area contributed by atoms with Crippen LogP contribution in [0.15, 0.2) is 48.5 Å². The Hall–Kier alpha value is -2.54. The molecule has 2 rings (SSSR count). The van der Waals surface area contributed by atoms with Gasteiger partial charge in [0.05, 0.1) is 18.5 Å². The summed E-state index contributed by atoms with van der Waals surface area (Å²) >= 11 is 0. The molecule has 0 aliphatic carbocycles. The van der Waals surface area contributed by atoms with Crippen LogP contribution in [-0.2, 0) is 26.7 Å². The van der Waals surface area contributed by atoms with Crippen LogP contribution in [0.5, 0.6) is 5.75 Å². The average Bonchev–Trinajstić information content (AvgIpc) is 2.68. The Bertz CT molecular complexity index is 931. The minimum atomic E-state index is -3.58. The highest BCUT2D eigenvalue weighted by Gasteiger charge is 2.20. The second-order valence-electron chi connectivity index (χ2n) is 8.26. The average molecular weight is 433 g/mol. The van der Waals surface area contributed by atoms with Crippen molar-refractivity contribution in [2.75, 3.05) is 30.3 Å². The maximum absolute atomic E-state index is 12.3. The normalized spacial score (nSPS) is 11.8. The molecule has 1 N–H and O–H groups in total. The minimum Gasteiger partial charge on any atom is -0.492 e. The lowest BCUT2D eigenvalue weighted by Crippen LogP contribution is -2.41. The van der Waals surface area contributed by atoms with Gasteiger partial charge in [0, 0.05) is 0 Å². The molecule has 0 saturated heterocycles. The van der Waals surface area contributed by atoms with Crippen molar-refractivity contribution in [2.24, 2.45) is 0 Å². The summed E-state index contributed by atoms with van der Waals surface area (Å²) in [6.45, 7) is 8.78. The van der Waals surface area contributed by atoms with Gasteiger partial charge in [0.2, 0.25) is 15.9 Å². The molecule has 0 radical (unpaired) electrons. The van der Waals surface area contributed by atoms with Crippen LogP contribution >= 0.6 is 0 Å². The van der Waals surface area contributed by atoms with Crippen LogP contribution in [0, 0.1) is 0 Å². The third-order valence-electron chi connectivity index (χ3n) is 4.73. The van der Waals surface area contributed by atoms with E-state index in [1.54, 1.807) is 12.1 Å². The van der Waals surface area contributed by atoms with Gasteiger partial charge in [-0.3, -0.25) is 9.10 Å². The molecule has 0 atom stereocenters. The fourth-order valence-electron chi connectivity index (χ4n) is 2.89. The van der Waals surface area contributed by atoms with Crippen LogP contribution in [0.3, 0.4) is 0 Å². The van der Waals surface area contributed by atoms with E-state index in [-0.39, 0.29) is 24.4 Å². The Morgan fingerprint density at radius 1 is 1.03 bits per heavy atom. The van der Waals surface area contributed by atoms with Gasteiger partial charge >= 0.3 is 0 Å². The number of ether oxygens (including phenoxy) is 1. The van der Waals surface area contributed by atoms with Gasteiger partial charge in [0.15, 0.2) is 0 Å². The van der Waals surface area contributed by atoms with Gasteiger partial charge in [0.1, 0.15) is 18.9 Å². The number of aryl methyl sites for hydroxylation is 1. The Balaban J connectivity index is 1.87. The standard InChI is InChI=1S/C23H32N2O4S/c1-6-18-7-11-20(12-8-18)25(30(5,27)28)17-22(26)24-15-16-29-21-13-9-19(10-14-21)23(2,3)4/h7-14H,6,15-17H2,1-5H3,(H,24,26). The van der Waals surface area contributed by atoms with Crippen LogP contribution in [0.2, 0.25) is 0 Å². The first-order valence-corrected chi connectivity index (χ1v) is 11.9. The van der Waals surface area contributed by atoms with Gasteiger partial charge in [-0.05, 0) is 47.2 Å². The maximum Gasteiger partial charge on any atom is 0.240 e. The Labute approximate surface area is 180 Å². The van der Waals surface area contributed by atoms with Crippen molar-refractivity contribution >= 4 is 21.6 Å². The molecule has 0 aromatic heterocycles. The van der Waals surface area contributed by atoms with Gasteiger partial charge in [-0.1, -0.05) is 52.0 Å². The zero-order valence-corrected chi connectivity index (χ0v) is 19.3. The van der Waals surface area contributed by atoms with Crippen molar-refractivity contribution < 1.29 is 17.9 Å². The van der Waals surface area contributed by atoms with E-state index in [4.69, 9.17) is 4.74 Å². The van der Waals surface area contributed by atoms with Crippen LogP contribution in [0.4, 0.5) is 5.69 Å². The predicted octanol–water partition coefficient (Wildman–Crippen LogP) is 3.51. The van der Waals surface area contributed by atoms with Crippen molar-refractivity contribution in [3.05, 3.63) is 59.7 Å². The van der Waals surface area contributed by atoms with E-state index in [2.05, 4.69) is 26.1 Å². The maximum atomic E-state index is 12.3. The highest BCUT2D eigenvalue weighted by molar-refractivity contribution is 7.92. The van der Waals surface area contributed by atoms with Crippen LogP contribution in [0.25, 0.3) is 0 Å². The SMILES string of the molecule is CCc1ccc(N(CC(=O)NCCOc2ccc(C(C)(C)C)cc2)S(C)(=O)=O)cc1. The molecular weight excluding hydrogens is 400 g/mol. The second-order valence-corrected chi connectivity index (χ2v) is 10.2. The fourth-order valence-corrected chi connectivity index (χ4v) is 3.75. The quantitative estimate of drug-likeness (QED) is 0.615. The Morgan fingerprint density at radius 2 is 1.63 bits per heavy atom. The van der Waals surface area contributed by atoms with Gasteiger partial charge in [-0.25, -0.2) is 8.42 Å². The van der Waals surface area contributed by atoms with Crippen molar-refractivity contribution in [2.45, 2.75) is 39.5 Å². The number of hydrogen-bond donors (Lipinski definition) is 1. The van der Waals surface area contributed by atoms with E-state index in [0.29, 0.717) is 12.3 Å². The van der Waals surface area contributed by atoms with Gasteiger partial charge < -0.3 is 10.1 Å². The molecule has 164 valence electrons. The number of nitrogens with zero attached hydrogens (tertiary/aromatic N) is 1. The smallest absolute Gasteiger partial charge is 0.240 e. The largest absolute Gasteiger partial charge is 0.492 e. The summed E-state index contributed by atoms with van der Waals surface area (Å²) in [6, 6.07) is 15.0. The van der Waals surface area contributed by atoms with Crippen molar-refractivity contribution in [3.63, 3.8) is 0 Å². The number of anilines is 1. The minimum absolute atomic E-state index is 0.0782. The monoisotopic (exact) mass is 432 g/mol. The number of carbonyl (C=O) groups excluding carboxylic acids is 1. The van der Waals surface area contributed by atoms with E-state index in [1.165, 1.54) is 5.56 Å². The first kappa shape index (κ1) is 23.7. The van der Waals surface area contributed by atoms with Crippen molar-refractivity contribution in [1.82, 2.24) is 5.32 Å². The van der Waals surface area contributed by atoms with Crippen LogP contribution in [0.1, 0.15) is 38.8 Å². The lowest BCUT2D eigenvalue weighted by molar-refractivity contribution is -0.119. The molecule has 0 unspecified atom stereocenters. The Morgan fingerprint density at radius 3 is 2.13 bits per heavy atom. The fraction of sp³-hybridized carbons (Fsp3) is 0.435. The van der Waals surface area contributed by atoms with E-state index < -0.39 is 10.0 Å². The lowest BCUT2D eigenvalue weighted by atomic mass is 9.87. The summed E-state index contributed by atoms with van der Waals surface area (Å²) in [4.78, 5) is 12.3. The second kappa shape index (κ2) is 9.98. The van der Waals surface area contributed by atoms with Crippen molar-refractivity contribution in [1.29, 1.82) is 0 Å². The summed E-state index contributed by atoms with van der Waals surface area (Å²) in [5.41, 5.74) is 2.87. The molecule has 0 bridgehead atoms. The summed E-state index contributed by atoms with van der Waals surface area (Å²) < 4.78 is 31.1. The molecular formula is C23H32N2O4S. The zero-order valence-electron chi connectivity index (χ0n) is 18.4. The first-order valence-electron chi connectivity index (χ1n) is 10.1. The summed E-state index contributed by atoms with van der Waals surface area (Å²) in [5.74, 6) is 0.345. The highest BCUT2D eigenvalue weighted by Crippen LogP contribution is 2.24. The number of amides is 1.